The lowest BCUT2D eigenvalue weighted by Crippen LogP contribution is -2.24. The molecule has 1 aliphatic rings. The van der Waals surface area contributed by atoms with Crippen LogP contribution in [0.15, 0.2) is 48.5 Å². The lowest BCUT2D eigenvalue weighted by molar-refractivity contribution is -0.116. The Labute approximate surface area is 173 Å². The largest absolute Gasteiger partial charge is 0.486 e. The van der Waals surface area contributed by atoms with E-state index in [1.807, 2.05) is 31.2 Å². The number of fused-ring (bicyclic) bond motifs is 1. The quantitative estimate of drug-likeness (QED) is 0.679. The van der Waals surface area contributed by atoms with Gasteiger partial charge in [-0.25, -0.2) is 0 Å². The van der Waals surface area contributed by atoms with Crippen LogP contribution in [0.1, 0.15) is 21.7 Å². The molecule has 8 nitrogen and oxygen atoms in total. The Morgan fingerprint density at radius 3 is 2.40 bits per heavy atom. The van der Waals surface area contributed by atoms with E-state index in [9.17, 15) is 9.59 Å². The van der Waals surface area contributed by atoms with Gasteiger partial charge in [-0.2, -0.15) is 5.10 Å². The second-order valence-corrected chi connectivity index (χ2v) is 7.06. The third-order valence-corrected chi connectivity index (χ3v) is 4.56. The lowest BCUT2D eigenvalue weighted by atomic mass is 10.2. The van der Waals surface area contributed by atoms with Crippen molar-refractivity contribution in [2.45, 2.75) is 20.4 Å². The maximum Gasteiger partial charge on any atom is 0.273 e. The number of nitrogens with zero attached hydrogens (tertiary/aromatic N) is 2. The van der Waals surface area contributed by atoms with Gasteiger partial charge in [0.15, 0.2) is 11.5 Å². The molecule has 30 heavy (non-hydrogen) atoms. The van der Waals surface area contributed by atoms with E-state index in [1.54, 1.807) is 31.2 Å². The highest BCUT2D eigenvalue weighted by Crippen LogP contribution is 2.32. The summed E-state index contributed by atoms with van der Waals surface area (Å²) in [7, 11) is 0. The van der Waals surface area contributed by atoms with Crippen LogP contribution in [-0.2, 0) is 11.3 Å². The Kier molecular flexibility index (Phi) is 5.38. The Morgan fingerprint density at radius 2 is 1.63 bits per heavy atom. The summed E-state index contributed by atoms with van der Waals surface area (Å²) in [6.45, 7) is 4.64. The standard InChI is InChI=1S/C22H22N4O4/c1-14-3-5-16(6-4-14)23-21(27)13-26-18(11-15(2)25-26)22(28)24-17-7-8-19-20(12-17)30-10-9-29-19/h3-8,11-12H,9-10,13H2,1-2H3,(H,23,27)(H,24,28). The Morgan fingerprint density at radius 1 is 0.933 bits per heavy atom. The normalized spacial score (nSPS) is 12.3. The highest BCUT2D eigenvalue weighted by atomic mass is 16.6. The number of aromatic nitrogens is 2. The lowest BCUT2D eigenvalue weighted by Gasteiger charge is -2.19. The summed E-state index contributed by atoms with van der Waals surface area (Å²) in [5.41, 5.74) is 3.30. The predicted octanol–water partition coefficient (Wildman–Crippen LogP) is 3.16. The van der Waals surface area contributed by atoms with E-state index in [0.29, 0.717) is 47.5 Å². The molecule has 0 fully saturated rings. The molecule has 2 amide bonds. The summed E-state index contributed by atoms with van der Waals surface area (Å²) in [4.78, 5) is 25.3. The van der Waals surface area contributed by atoms with Crippen LogP contribution in [-0.4, -0.2) is 34.8 Å². The van der Waals surface area contributed by atoms with Crippen molar-refractivity contribution in [3.05, 3.63) is 65.5 Å². The molecule has 8 heteroatoms. The van der Waals surface area contributed by atoms with Gasteiger partial charge in [-0.15, -0.1) is 0 Å². The minimum absolute atomic E-state index is 0.0778. The molecule has 0 atom stereocenters. The average molecular weight is 406 g/mol. The van der Waals surface area contributed by atoms with E-state index in [1.165, 1.54) is 4.68 Å². The fourth-order valence-electron chi connectivity index (χ4n) is 3.14. The second kappa shape index (κ2) is 8.28. The molecule has 4 rings (SSSR count). The number of rotatable bonds is 5. The van der Waals surface area contributed by atoms with Crippen LogP contribution in [0.4, 0.5) is 11.4 Å². The molecule has 0 bridgehead atoms. The van der Waals surface area contributed by atoms with E-state index in [2.05, 4.69) is 15.7 Å². The summed E-state index contributed by atoms with van der Waals surface area (Å²) in [6, 6.07) is 14.3. The van der Waals surface area contributed by atoms with Gasteiger partial charge in [0.1, 0.15) is 25.5 Å². The van der Waals surface area contributed by atoms with Crippen LogP contribution < -0.4 is 20.1 Å². The average Bonchev–Trinajstić information content (AvgIpc) is 3.09. The van der Waals surface area contributed by atoms with Gasteiger partial charge >= 0.3 is 0 Å². The van der Waals surface area contributed by atoms with Gasteiger partial charge in [-0.3, -0.25) is 14.3 Å². The number of benzene rings is 2. The van der Waals surface area contributed by atoms with Gasteiger partial charge in [0, 0.05) is 17.4 Å². The zero-order valence-electron chi connectivity index (χ0n) is 16.8. The first-order valence-corrected chi connectivity index (χ1v) is 9.60. The number of nitrogens with one attached hydrogen (secondary N) is 2. The van der Waals surface area contributed by atoms with Gasteiger partial charge in [0.25, 0.3) is 5.91 Å². The molecule has 154 valence electrons. The van der Waals surface area contributed by atoms with Gasteiger partial charge in [-0.05, 0) is 44.2 Å². The van der Waals surface area contributed by atoms with Crippen LogP contribution in [0.3, 0.4) is 0 Å². The SMILES string of the molecule is Cc1ccc(NC(=O)Cn2nc(C)cc2C(=O)Nc2ccc3c(c2)OCCO3)cc1. The fraction of sp³-hybridized carbons (Fsp3) is 0.227. The zero-order chi connectivity index (χ0) is 21.1. The van der Waals surface area contributed by atoms with Gasteiger partial charge in [0.05, 0.1) is 5.69 Å². The molecule has 0 spiro atoms. The maximum absolute atomic E-state index is 12.8. The Bertz CT molecular complexity index is 1090. The summed E-state index contributed by atoms with van der Waals surface area (Å²) in [5, 5.41) is 9.93. The second-order valence-electron chi connectivity index (χ2n) is 7.06. The van der Waals surface area contributed by atoms with E-state index in [-0.39, 0.29) is 18.4 Å². The van der Waals surface area contributed by atoms with Crippen molar-refractivity contribution in [3.63, 3.8) is 0 Å². The van der Waals surface area contributed by atoms with Crippen molar-refractivity contribution in [1.82, 2.24) is 9.78 Å². The number of carbonyl (C=O) groups excluding carboxylic acids is 2. The molecule has 2 N–H and O–H groups in total. The van der Waals surface area contributed by atoms with Gasteiger partial charge < -0.3 is 20.1 Å². The zero-order valence-corrected chi connectivity index (χ0v) is 16.8. The molecule has 0 saturated heterocycles. The first kappa shape index (κ1) is 19.5. The number of amides is 2. The molecule has 0 saturated carbocycles. The number of hydrogen-bond acceptors (Lipinski definition) is 5. The number of anilines is 2. The molecule has 3 aromatic rings. The molecule has 0 unspecified atom stereocenters. The summed E-state index contributed by atoms with van der Waals surface area (Å²) < 4.78 is 12.4. The smallest absolute Gasteiger partial charge is 0.273 e. The van der Waals surface area contributed by atoms with Crippen molar-refractivity contribution in [1.29, 1.82) is 0 Å². The number of aryl methyl sites for hydroxylation is 2. The van der Waals surface area contributed by atoms with Crippen LogP contribution in [0.25, 0.3) is 0 Å². The molecule has 2 aromatic carbocycles. The Hall–Kier alpha value is -3.81. The molecule has 0 radical (unpaired) electrons. The summed E-state index contributed by atoms with van der Waals surface area (Å²) in [6.07, 6.45) is 0. The third kappa shape index (κ3) is 4.43. The molecule has 1 aliphatic heterocycles. The van der Waals surface area contributed by atoms with Crippen molar-refractivity contribution in [2.75, 3.05) is 23.8 Å². The predicted molar refractivity (Wildman–Crippen MR) is 112 cm³/mol. The number of hydrogen-bond donors (Lipinski definition) is 2. The van der Waals surface area contributed by atoms with Crippen LogP contribution in [0.5, 0.6) is 11.5 Å². The summed E-state index contributed by atoms with van der Waals surface area (Å²) in [5.74, 6) is 0.597. The number of carbonyl (C=O) groups is 2. The molecule has 0 aliphatic carbocycles. The van der Waals surface area contributed by atoms with Crippen molar-refractivity contribution in [2.24, 2.45) is 0 Å². The minimum Gasteiger partial charge on any atom is -0.486 e. The fourth-order valence-corrected chi connectivity index (χ4v) is 3.14. The Balaban J connectivity index is 1.46. The molecule has 1 aromatic heterocycles. The summed E-state index contributed by atoms with van der Waals surface area (Å²) >= 11 is 0. The minimum atomic E-state index is -0.365. The van der Waals surface area contributed by atoms with Crippen LogP contribution >= 0.6 is 0 Å². The topological polar surface area (TPSA) is 94.5 Å². The van der Waals surface area contributed by atoms with E-state index in [0.717, 1.165) is 5.56 Å². The highest BCUT2D eigenvalue weighted by Gasteiger charge is 2.18. The van der Waals surface area contributed by atoms with Gasteiger partial charge in [-0.1, -0.05) is 17.7 Å². The van der Waals surface area contributed by atoms with Crippen molar-refractivity contribution in [3.8, 4) is 11.5 Å². The van der Waals surface area contributed by atoms with Crippen LogP contribution in [0.2, 0.25) is 0 Å². The van der Waals surface area contributed by atoms with E-state index in [4.69, 9.17) is 9.47 Å². The molecular weight excluding hydrogens is 384 g/mol. The molecular formula is C22H22N4O4. The number of ether oxygens (including phenoxy) is 2. The van der Waals surface area contributed by atoms with Crippen LogP contribution in [0, 0.1) is 13.8 Å². The third-order valence-electron chi connectivity index (χ3n) is 4.56. The van der Waals surface area contributed by atoms with E-state index < -0.39 is 0 Å². The monoisotopic (exact) mass is 406 g/mol. The molecule has 2 heterocycles. The first-order chi connectivity index (χ1) is 14.5. The first-order valence-electron chi connectivity index (χ1n) is 9.60. The van der Waals surface area contributed by atoms with E-state index >= 15 is 0 Å². The van der Waals surface area contributed by atoms with Crippen molar-refractivity contribution < 1.29 is 19.1 Å². The highest BCUT2D eigenvalue weighted by molar-refractivity contribution is 6.03. The van der Waals surface area contributed by atoms with Gasteiger partial charge in [0.2, 0.25) is 5.91 Å². The van der Waals surface area contributed by atoms with Crippen molar-refractivity contribution >= 4 is 23.2 Å². The maximum atomic E-state index is 12.8.